The van der Waals surface area contributed by atoms with Gasteiger partial charge in [-0.3, -0.25) is 4.79 Å². The number of halogens is 2. The fourth-order valence-electron chi connectivity index (χ4n) is 1.59. The summed E-state index contributed by atoms with van der Waals surface area (Å²) in [4.78, 5) is 12.8. The van der Waals surface area contributed by atoms with Crippen molar-refractivity contribution in [3.63, 3.8) is 0 Å². The van der Waals surface area contributed by atoms with E-state index in [2.05, 4.69) is 5.16 Å². The predicted molar refractivity (Wildman–Crippen MR) is 61.4 cm³/mol. The fourth-order valence-corrected chi connectivity index (χ4v) is 1.59. The van der Waals surface area contributed by atoms with Crippen molar-refractivity contribution >= 4 is 11.7 Å². The molecular weight excluding hydrogens is 248 g/mol. The van der Waals surface area contributed by atoms with E-state index < -0.39 is 31.4 Å². The minimum atomic E-state index is -2.71. The number of rotatable bonds is 7. The smallest absolute Gasteiger partial charge is 0.255 e. The Bertz CT molecular complexity index is 298. The van der Waals surface area contributed by atoms with E-state index in [1.165, 1.54) is 0 Å². The Morgan fingerprint density at radius 2 is 2.00 bits per heavy atom. The fraction of sp³-hybridized carbons (Fsp3) is 0.800. The van der Waals surface area contributed by atoms with E-state index in [1.807, 2.05) is 0 Å². The first-order chi connectivity index (χ1) is 8.34. The summed E-state index contributed by atoms with van der Waals surface area (Å²) < 4.78 is 24.7. The van der Waals surface area contributed by atoms with Gasteiger partial charge in [0, 0.05) is 6.54 Å². The lowest BCUT2D eigenvalue weighted by molar-refractivity contribution is -0.137. The Hall–Kier alpha value is -1.44. The van der Waals surface area contributed by atoms with E-state index in [-0.39, 0.29) is 18.3 Å². The van der Waals surface area contributed by atoms with Gasteiger partial charge in [0.05, 0.1) is 13.2 Å². The molecule has 0 spiro atoms. The predicted octanol–water partition coefficient (Wildman–Crippen LogP) is 0.0910. The molecule has 8 heteroatoms. The summed E-state index contributed by atoms with van der Waals surface area (Å²) in [6.45, 7) is 1.87. The minimum Gasteiger partial charge on any atom is -0.409 e. The van der Waals surface area contributed by atoms with Crippen LogP contribution in [-0.4, -0.2) is 53.1 Å². The maximum atomic E-state index is 12.3. The molecule has 0 radical (unpaired) electrons. The van der Waals surface area contributed by atoms with Gasteiger partial charge in [0.25, 0.3) is 6.43 Å². The summed E-state index contributed by atoms with van der Waals surface area (Å²) in [7, 11) is 0. The van der Waals surface area contributed by atoms with Crippen LogP contribution in [0.2, 0.25) is 0 Å². The van der Waals surface area contributed by atoms with Crippen LogP contribution in [0.5, 0.6) is 0 Å². The van der Waals surface area contributed by atoms with Gasteiger partial charge in [0.1, 0.15) is 5.92 Å². The number of carbonyl (C=O) groups is 1. The molecule has 0 saturated heterocycles. The van der Waals surface area contributed by atoms with Crippen LogP contribution in [-0.2, 0) is 4.79 Å². The van der Waals surface area contributed by atoms with Gasteiger partial charge >= 0.3 is 0 Å². The molecule has 1 atom stereocenters. The van der Waals surface area contributed by atoms with Crippen LogP contribution in [0.15, 0.2) is 5.16 Å². The van der Waals surface area contributed by atoms with Crippen molar-refractivity contribution in [1.29, 1.82) is 0 Å². The molecule has 0 aromatic rings. The largest absolute Gasteiger partial charge is 0.409 e. The number of hydrogen-bond donors (Lipinski definition) is 3. The van der Waals surface area contributed by atoms with Crippen molar-refractivity contribution in [2.45, 2.75) is 20.3 Å². The second-order valence-electron chi connectivity index (χ2n) is 4.15. The Morgan fingerprint density at radius 3 is 2.33 bits per heavy atom. The van der Waals surface area contributed by atoms with Crippen molar-refractivity contribution in [2.75, 3.05) is 19.7 Å². The number of amidine groups is 1. The van der Waals surface area contributed by atoms with Crippen LogP contribution in [0.4, 0.5) is 8.78 Å². The lowest BCUT2D eigenvalue weighted by atomic mass is 9.93. The number of alkyl halides is 2. The average molecular weight is 267 g/mol. The van der Waals surface area contributed by atoms with Crippen LogP contribution in [0.3, 0.4) is 0 Å². The highest BCUT2D eigenvalue weighted by atomic mass is 19.3. The van der Waals surface area contributed by atoms with Gasteiger partial charge in [-0.25, -0.2) is 8.78 Å². The van der Waals surface area contributed by atoms with Gasteiger partial charge in [-0.2, -0.15) is 0 Å². The molecule has 18 heavy (non-hydrogen) atoms. The first kappa shape index (κ1) is 16.6. The van der Waals surface area contributed by atoms with Crippen molar-refractivity contribution in [3.8, 4) is 0 Å². The highest BCUT2D eigenvalue weighted by Gasteiger charge is 2.31. The summed E-state index contributed by atoms with van der Waals surface area (Å²) in [5.74, 6) is -2.31. The number of nitrogens with two attached hydrogens (primary N) is 1. The van der Waals surface area contributed by atoms with Crippen molar-refractivity contribution < 1.29 is 23.9 Å². The maximum absolute atomic E-state index is 12.3. The molecule has 1 amide bonds. The number of nitrogens with zero attached hydrogens (tertiary/aromatic N) is 2. The molecule has 0 bridgehead atoms. The molecule has 1 unspecified atom stereocenters. The number of oxime groups is 1. The van der Waals surface area contributed by atoms with E-state index in [9.17, 15) is 13.6 Å². The molecule has 0 aliphatic rings. The molecule has 4 N–H and O–H groups in total. The zero-order chi connectivity index (χ0) is 14.3. The zero-order valence-electron chi connectivity index (χ0n) is 10.4. The number of amides is 1. The molecule has 0 aliphatic carbocycles. The van der Waals surface area contributed by atoms with Gasteiger partial charge in [0.2, 0.25) is 5.91 Å². The maximum Gasteiger partial charge on any atom is 0.255 e. The quantitative estimate of drug-likeness (QED) is 0.263. The van der Waals surface area contributed by atoms with E-state index in [0.29, 0.717) is 0 Å². The van der Waals surface area contributed by atoms with E-state index >= 15 is 0 Å². The highest BCUT2D eigenvalue weighted by molar-refractivity contribution is 6.02. The van der Waals surface area contributed by atoms with Crippen LogP contribution >= 0.6 is 0 Å². The molecule has 0 aromatic carbocycles. The lowest BCUT2D eigenvalue weighted by Crippen LogP contribution is -2.47. The lowest BCUT2D eigenvalue weighted by Gasteiger charge is -2.27. The normalized spacial score (nSPS) is 14.1. The molecule has 0 aromatic heterocycles. The van der Waals surface area contributed by atoms with E-state index in [0.717, 1.165) is 4.90 Å². The molecule has 0 aliphatic heterocycles. The molecule has 106 valence electrons. The average Bonchev–Trinajstić information content (AvgIpc) is 2.27. The highest BCUT2D eigenvalue weighted by Crippen LogP contribution is 2.15. The van der Waals surface area contributed by atoms with Gasteiger partial charge in [-0.15, -0.1) is 0 Å². The summed E-state index contributed by atoms with van der Waals surface area (Å²) >= 11 is 0. The zero-order valence-corrected chi connectivity index (χ0v) is 10.4. The van der Waals surface area contributed by atoms with Crippen LogP contribution in [0, 0.1) is 11.8 Å². The Kier molecular flexibility index (Phi) is 7.18. The summed E-state index contributed by atoms with van der Waals surface area (Å²) in [6.07, 6.45) is -2.71. The van der Waals surface area contributed by atoms with E-state index in [4.69, 9.17) is 16.0 Å². The standard InChI is InChI=1S/C10H19F2N3O3/c1-6(2)8(9(13)14-18)10(17)15(3-4-16)5-7(11)12/h6-8,16,18H,3-5H2,1-2H3,(H2,13,14). The first-order valence-electron chi connectivity index (χ1n) is 5.50. The van der Waals surface area contributed by atoms with Crippen LogP contribution in [0.1, 0.15) is 13.8 Å². The van der Waals surface area contributed by atoms with Crippen LogP contribution < -0.4 is 5.73 Å². The molecule has 6 nitrogen and oxygen atoms in total. The number of carbonyl (C=O) groups excluding carboxylic acids is 1. The van der Waals surface area contributed by atoms with Gasteiger partial charge in [-0.1, -0.05) is 19.0 Å². The molecule has 0 heterocycles. The molecule has 0 fully saturated rings. The summed E-state index contributed by atoms with van der Waals surface area (Å²) in [5.41, 5.74) is 5.39. The molecule has 0 saturated carbocycles. The summed E-state index contributed by atoms with van der Waals surface area (Å²) in [5, 5.41) is 20.1. The first-order valence-corrected chi connectivity index (χ1v) is 5.50. The third-order valence-corrected chi connectivity index (χ3v) is 2.41. The molecular formula is C10H19F2N3O3. The van der Waals surface area contributed by atoms with Crippen LogP contribution in [0.25, 0.3) is 0 Å². The van der Waals surface area contributed by atoms with Crippen molar-refractivity contribution in [1.82, 2.24) is 4.90 Å². The Balaban J connectivity index is 5.00. The Labute approximate surface area is 104 Å². The van der Waals surface area contributed by atoms with Crippen molar-refractivity contribution in [2.24, 2.45) is 22.7 Å². The van der Waals surface area contributed by atoms with Gasteiger partial charge < -0.3 is 20.9 Å². The molecule has 0 rings (SSSR count). The second kappa shape index (κ2) is 7.80. The summed E-state index contributed by atoms with van der Waals surface area (Å²) in [6, 6.07) is 0. The van der Waals surface area contributed by atoms with Gasteiger partial charge in [0.15, 0.2) is 5.84 Å². The second-order valence-corrected chi connectivity index (χ2v) is 4.15. The minimum absolute atomic E-state index is 0.217. The SMILES string of the molecule is CC(C)C(C(=O)N(CCO)CC(F)F)C(N)=NO. The number of hydrogen-bond acceptors (Lipinski definition) is 4. The van der Waals surface area contributed by atoms with E-state index in [1.54, 1.807) is 13.8 Å². The third kappa shape index (κ3) is 4.82. The number of aliphatic hydroxyl groups is 1. The van der Waals surface area contributed by atoms with Crippen molar-refractivity contribution in [3.05, 3.63) is 0 Å². The Morgan fingerprint density at radius 1 is 1.44 bits per heavy atom. The monoisotopic (exact) mass is 267 g/mol. The number of aliphatic hydroxyl groups excluding tert-OH is 1. The van der Waals surface area contributed by atoms with Gasteiger partial charge in [-0.05, 0) is 5.92 Å². The topological polar surface area (TPSA) is 99.2 Å². The third-order valence-electron chi connectivity index (χ3n) is 2.41.